The largest absolute Gasteiger partial charge is 0.497 e. The highest BCUT2D eigenvalue weighted by molar-refractivity contribution is 5.87. The maximum atomic E-state index is 13.5. The molecule has 182 valence electrons. The Morgan fingerprint density at radius 2 is 1.43 bits per heavy atom. The van der Waals surface area contributed by atoms with Gasteiger partial charge in [-0.05, 0) is 53.8 Å². The first kappa shape index (κ1) is 24.6. The highest BCUT2D eigenvalue weighted by Gasteiger charge is 2.27. The summed E-state index contributed by atoms with van der Waals surface area (Å²) >= 11 is 0. The molecule has 0 aliphatic carbocycles. The normalized spacial score (nSPS) is 14.8. The van der Waals surface area contributed by atoms with Crippen LogP contribution in [0.15, 0.2) is 84.9 Å². The molecule has 1 aliphatic rings. The van der Waals surface area contributed by atoms with Crippen LogP contribution >= 0.6 is 0 Å². The van der Waals surface area contributed by atoms with E-state index in [4.69, 9.17) is 9.47 Å². The molecular weight excluding hydrogens is 436 g/mol. The summed E-state index contributed by atoms with van der Waals surface area (Å²) in [5.74, 6) is 1.19. The van der Waals surface area contributed by atoms with E-state index in [0.29, 0.717) is 0 Å². The Balaban J connectivity index is 1.38. The van der Waals surface area contributed by atoms with Crippen LogP contribution in [0, 0.1) is 0 Å². The van der Waals surface area contributed by atoms with Gasteiger partial charge in [-0.2, -0.15) is 0 Å². The van der Waals surface area contributed by atoms with Gasteiger partial charge in [-0.25, -0.2) is 0 Å². The molecule has 35 heavy (non-hydrogen) atoms. The number of carbonyl (C=O) groups excluding carboxylic acids is 1. The second-order valence-electron chi connectivity index (χ2n) is 8.88. The summed E-state index contributed by atoms with van der Waals surface area (Å²) in [5, 5.41) is 3.33. The molecule has 1 heterocycles. The fourth-order valence-corrected chi connectivity index (χ4v) is 4.53. The van der Waals surface area contributed by atoms with Gasteiger partial charge in [-0.1, -0.05) is 66.7 Å². The fourth-order valence-electron chi connectivity index (χ4n) is 4.53. The first-order chi connectivity index (χ1) is 17.2. The molecule has 0 radical (unpaired) electrons. The quantitative estimate of drug-likeness (QED) is 0.471. The summed E-state index contributed by atoms with van der Waals surface area (Å²) < 4.78 is 10.6. The van der Waals surface area contributed by atoms with Gasteiger partial charge in [-0.3, -0.25) is 9.69 Å². The van der Waals surface area contributed by atoms with E-state index >= 15 is 0 Å². The molecule has 0 atom stereocenters. The van der Waals surface area contributed by atoms with Crippen LogP contribution in [0.2, 0.25) is 0 Å². The Hall–Kier alpha value is -3.57. The number of hydrogen-bond donors (Lipinski definition) is 1. The zero-order chi connectivity index (χ0) is 24.5. The Labute approximate surface area is 208 Å². The SMILES string of the molecule is COc1ccc(C(C(=O)NC2CCN(C/C=C/c3ccccc3)CC2)c2ccc(OC)cc2)cc1. The van der Waals surface area contributed by atoms with Crippen molar-refractivity contribution in [1.29, 1.82) is 0 Å². The molecule has 1 N–H and O–H groups in total. The molecule has 5 heteroatoms. The van der Waals surface area contributed by atoms with Crippen LogP contribution in [0.25, 0.3) is 6.08 Å². The number of carbonyl (C=O) groups is 1. The van der Waals surface area contributed by atoms with Crippen LogP contribution in [0.1, 0.15) is 35.4 Å². The third-order valence-corrected chi connectivity index (χ3v) is 6.57. The van der Waals surface area contributed by atoms with Crippen molar-refractivity contribution >= 4 is 12.0 Å². The smallest absolute Gasteiger partial charge is 0.232 e. The van der Waals surface area contributed by atoms with Gasteiger partial charge in [0, 0.05) is 25.7 Å². The minimum Gasteiger partial charge on any atom is -0.497 e. The number of amides is 1. The van der Waals surface area contributed by atoms with Crippen LogP contribution in [0.4, 0.5) is 0 Å². The van der Waals surface area contributed by atoms with Crippen LogP contribution in [0.3, 0.4) is 0 Å². The van der Waals surface area contributed by atoms with E-state index in [0.717, 1.165) is 55.1 Å². The number of benzene rings is 3. The van der Waals surface area contributed by atoms with Crippen molar-refractivity contribution in [1.82, 2.24) is 10.2 Å². The van der Waals surface area contributed by atoms with Crippen LogP contribution in [0.5, 0.6) is 11.5 Å². The average molecular weight is 471 g/mol. The minimum absolute atomic E-state index is 0.0303. The van der Waals surface area contributed by atoms with Crippen molar-refractivity contribution in [2.45, 2.75) is 24.8 Å². The van der Waals surface area contributed by atoms with E-state index in [1.165, 1.54) is 5.56 Å². The van der Waals surface area contributed by atoms with Gasteiger partial charge >= 0.3 is 0 Å². The van der Waals surface area contributed by atoms with Crippen molar-refractivity contribution < 1.29 is 14.3 Å². The number of rotatable bonds is 9. The van der Waals surface area contributed by atoms with E-state index in [1.807, 2.05) is 54.6 Å². The number of ether oxygens (including phenoxy) is 2. The van der Waals surface area contributed by atoms with Gasteiger partial charge < -0.3 is 14.8 Å². The molecule has 0 aromatic heterocycles. The van der Waals surface area contributed by atoms with E-state index in [1.54, 1.807) is 14.2 Å². The van der Waals surface area contributed by atoms with Gasteiger partial charge in [0.1, 0.15) is 11.5 Å². The summed E-state index contributed by atoms with van der Waals surface area (Å²) in [4.78, 5) is 16.0. The molecule has 3 aromatic carbocycles. The number of piperidine rings is 1. The van der Waals surface area contributed by atoms with Crippen LogP contribution in [-0.2, 0) is 4.79 Å². The average Bonchev–Trinajstić information content (AvgIpc) is 2.91. The lowest BCUT2D eigenvalue weighted by Crippen LogP contribution is -2.46. The van der Waals surface area contributed by atoms with Crippen molar-refractivity contribution in [2.24, 2.45) is 0 Å². The van der Waals surface area contributed by atoms with Crippen LogP contribution < -0.4 is 14.8 Å². The zero-order valence-electron chi connectivity index (χ0n) is 20.5. The lowest BCUT2D eigenvalue weighted by Gasteiger charge is -2.32. The molecule has 0 saturated carbocycles. The third-order valence-electron chi connectivity index (χ3n) is 6.57. The number of nitrogens with zero attached hydrogens (tertiary/aromatic N) is 1. The maximum Gasteiger partial charge on any atom is 0.232 e. The van der Waals surface area contributed by atoms with Crippen molar-refractivity contribution in [3.63, 3.8) is 0 Å². The van der Waals surface area contributed by atoms with Crippen molar-refractivity contribution in [3.8, 4) is 11.5 Å². The molecule has 1 aliphatic heterocycles. The van der Waals surface area contributed by atoms with Gasteiger partial charge in [0.05, 0.1) is 20.1 Å². The molecular formula is C30H34N2O3. The summed E-state index contributed by atoms with van der Waals surface area (Å²) in [6.45, 7) is 2.87. The molecule has 1 amide bonds. The second-order valence-corrected chi connectivity index (χ2v) is 8.88. The molecule has 0 bridgehead atoms. The molecule has 4 rings (SSSR count). The number of hydrogen-bond acceptors (Lipinski definition) is 4. The first-order valence-corrected chi connectivity index (χ1v) is 12.2. The molecule has 1 saturated heterocycles. The standard InChI is InChI=1S/C30H34N2O3/c1-34-27-14-10-24(11-15-27)29(25-12-16-28(35-2)17-13-25)30(33)31-26-18-21-32(22-19-26)20-6-9-23-7-4-3-5-8-23/h3-17,26,29H,18-22H2,1-2H3,(H,31,33)/b9-6+. The maximum absolute atomic E-state index is 13.5. The molecule has 3 aromatic rings. The fraction of sp³-hybridized carbons (Fsp3) is 0.300. The summed E-state index contributed by atoms with van der Waals surface area (Å²) in [6.07, 6.45) is 6.28. The van der Waals surface area contributed by atoms with Gasteiger partial charge in [0.2, 0.25) is 5.91 Å². The van der Waals surface area contributed by atoms with E-state index in [2.05, 4.69) is 46.6 Å². The summed E-state index contributed by atoms with van der Waals surface area (Å²) in [7, 11) is 3.29. The highest BCUT2D eigenvalue weighted by Crippen LogP contribution is 2.29. The summed E-state index contributed by atoms with van der Waals surface area (Å²) in [5.41, 5.74) is 3.10. The first-order valence-electron chi connectivity index (χ1n) is 12.2. The third kappa shape index (κ3) is 6.74. The molecule has 0 spiro atoms. The topological polar surface area (TPSA) is 50.8 Å². The van der Waals surface area contributed by atoms with E-state index in [-0.39, 0.29) is 11.9 Å². The predicted octanol–water partition coefficient (Wildman–Crippen LogP) is 5.13. The number of nitrogens with one attached hydrogen (secondary N) is 1. The van der Waals surface area contributed by atoms with Gasteiger partial charge in [0.25, 0.3) is 0 Å². The van der Waals surface area contributed by atoms with E-state index < -0.39 is 5.92 Å². The Morgan fingerprint density at radius 3 is 1.94 bits per heavy atom. The zero-order valence-corrected chi connectivity index (χ0v) is 20.5. The highest BCUT2D eigenvalue weighted by atomic mass is 16.5. The minimum atomic E-state index is -0.390. The van der Waals surface area contributed by atoms with Crippen molar-refractivity contribution in [2.75, 3.05) is 33.9 Å². The van der Waals surface area contributed by atoms with Crippen LogP contribution in [-0.4, -0.2) is 50.7 Å². The van der Waals surface area contributed by atoms with Gasteiger partial charge in [-0.15, -0.1) is 0 Å². The Bertz CT molecular complexity index is 1040. The predicted molar refractivity (Wildman–Crippen MR) is 141 cm³/mol. The molecule has 5 nitrogen and oxygen atoms in total. The van der Waals surface area contributed by atoms with Crippen molar-refractivity contribution in [3.05, 3.63) is 102 Å². The van der Waals surface area contributed by atoms with Gasteiger partial charge in [0.15, 0.2) is 0 Å². The lowest BCUT2D eigenvalue weighted by molar-refractivity contribution is -0.122. The Kier molecular flexibility index (Phi) is 8.58. The second kappa shape index (κ2) is 12.2. The Morgan fingerprint density at radius 1 is 0.886 bits per heavy atom. The number of likely N-dealkylation sites (tertiary alicyclic amines) is 1. The van der Waals surface area contributed by atoms with E-state index in [9.17, 15) is 4.79 Å². The number of methoxy groups -OCH3 is 2. The molecule has 0 unspecified atom stereocenters. The molecule has 1 fully saturated rings. The summed E-state index contributed by atoms with van der Waals surface area (Å²) in [6, 6.07) is 26.0. The monoisotopic (exact) mass is 470 g/mol. The lowest BCUT2D eigenvalue weighted by atomic mass is 9.89.